The Morgan fingerprint density at radius 1 is 0.927 bits per heavy atom. The second-order valence-electron chi connectivity index (χ2n) is 10.7. The Bertz CT molecular complexity index is 1640. The van der Waals surface area contributed by atoms with Crippen LogP contribution in [0.3, 0.4) is 0 Å². The fourth-order valence-corrected chi connectivity index (χ4v) is 6.07. The van der Waals surface area contributed by atoms with E-state index in [-0.39, 0.29) is 18.0 Å². The molecular weight excluding hydrogens is 529 g/mol. The van der Waals surface area contributed by atoms with Crippen molar-refractivity contribution in [2.75, 3.05) is 17.3 Å². The SMILES string of the molecule is CN1C(=O)c2c(Nc3ccccc3)nn(Cc3ccc(-c4ccc(C(F)(F)F)cc4)cc3)c2N2C1=N[C@@H]1CCC[C@@H]12. The standard InChI is InChI=1S/C31H27F3N6O/c1-38-29(41)26-27(35-23-6-3-2-4-7-23)37-39(28(26)40-25-9-5-8-24(25)36-30(38)40)18-19-10-12-20(13-11-19)21-14-16-22(17-15-21)31(32,33)34/h2-4,6-7,10-17,24-25H,5,8-9,18H2,1H3,(H,35,37)/t24-,25+/m1/s1. The lowest BCUT2D eigenvalue weighted by molar-refractivity contribution is -0.137. The van der Waals surface area contributed by atoms with Crippen molar-refractivity contribution in [2.24, 2.45) is 4.99 Å². The van der Waals surface area contributed by atoms with E-state index in [1.54, 1.807) is 11.9 Å². The number of benzene rings is 3. The van der Waals surface area contributed by atoms with Gasteiger partial charge in [-0.15, -0.1) is 0 Å². The first kappa shape index (κ1) is 25.4. The van der Waals surface area contributed by atoms with Gasteiger partial charge in [-0.2, -0.15) is 18.3 Å². The molecule has 1 aliphatic carbocycles. The molecule has 0 saturated heterocycles. The zero-order valence-electron chi connectivity index (χ0n) is 22.3. The van der Waals surface area contributed by atoms with E-state index in [2.05, 4.69) is 10.2 Å². The highest BCUT2D eigenvalue weighted by atomic mass is 19.4. The molecule has 0 unspecified atom stereocenters. The summed E-state index contributed by atoms with van der Waals surface area (Å²) in [6.07, 6.45) is -1.29. The molecule has 10 heteroatoms. The molecule has 0 bridgehead atoms. The molecule has 208 valence electrons. The van der Waals surface area contributed by atoms with E-state index >= 15 is 0 Å². The quantitative estimate of drug-likeness (QED) is 0.303. The number of hydrogen-bond acceptors (Lipinski definition) is 5. The first-order valence-corrected chi connectivity index (χ1v) is 13.6. The predicted molar refractivity (Wildman–Crippen MR) is 151 cm³/mol. The van der Waals surface area contributed by atoms with Crippen LogP contribution in [0.4, 0.5) is 30.5 Å². The van der Waals surface area contributed by atoms with Crippen molar-refractivity contribution < 1.29 is 18.0 Å². The Balaban J connectivity index is 1.25. The Morgan fingerprint density at radius 2 is 1.61 bits per heavy atom. The molecule has 0 radical (unpaired) electrons. The lowest BCUT2D eigenvalue weighted by atomic mass is 10.0. The minimum absolute atomic E-state index is 0.155. The number of halogens is 3. The van der Waals surface area contributed by atoms with Gasteiger partial charge in [0.15, 0.2) is 5.82 Å². The summed E-state index contributed by atoms with van der Waals surface area (Å²) in [5.41, 5.74) is 3.14. The van der Waals surface area contributed by atoms with Gasteiger partial charge in [0, 0.05) is 12.7 Å². The fourth-order valence-electron chi connectivity index (χ4n) is 6.07. The van der Waals surface area contributed by atoms with Gasteiger partial charge in [0.25, 0.3) is 5.91 Å². The van der Waals surface area contributed by atoms with Crippen molar-refractivity contribution in [1.29, 1.82) is 0 Å². The lowest BCUT2D eigenvalue weighted by Gasteiger charge is -2.35. The molecule has 1 amide bonds. The second kappa shape index (κ2) is 9.50. The van der Waals surface area contributed by atoms with Crippen molar-refractivity contribution >= 4 is 29.2 Å². The molecule has 3 heterocycles. The summed E-state index contributed by atoms with van der Waals surface area (Å²) in [7, 11) is 1.77. The van der Waals surface area contributed by atoms with Crippen molar-refractivity contribution in [3.8, 4) is 11.1 Å². The number of carbonyl (C=O) groups excluding carboxylic acids is 1. The largest absolute Gasteiger partial charge is 0.416 e. The normalized spacial score (nSPS) is 19.6. The van der Waals surface area contributed by atoms with Crippen LogP contribution >= 0.6 is 0 Å². The number of aliphatic imine (C=N–C) groups is 1. The Morgan fingerprint density at radius 3 is 2.29 bits per heavy atom. The topological polar surface area (TPSA) is 65.8 Å². The van der Waals surface area contributed by atoms with Gasteiger partial charge in [0.05, 0.1) is 24.2 Å². The summed E-state index contributed by atoms with van der Waals surface area (Å²) in [4.78, 5) is 22.4. The number of aromatic nitrogens is 2. The summed E-state index contributed by atoms with van der Waals surface area (Å²) < 4.78 is 40.8. The van der Waals surface area contributed by atoms with Crippen molar-refractivity contribution in [3.63, 3.8) is 0 Å². The number of para-hydroxylation sites is 1. The summed E-state index contributed by atoms with van der Waals surface area (Å²) in [6.45, 7) is 0.407. The lowest BCUT2D eigenvalue weighted by Crippen LogP contribution is -2.52. The van der Waals surface area contributed by atoms with Gasteiger partial charge in [-0.05, 0) is 60.2 Å². The number of rotatable bonds is 5. The summed E-state index contributed by atoms with van der Waals surface area (Å²) in [6, 6.07) is 22.8. The average Bonchev–Trinajstić information content (AvgIpc) is 3.66. The van der Waals surface area contributed by atoms with Gasteiger partial charge >= 0.3 is 6.18 Å². The van der Waals surface area contributed by atoms with E-state index < -0.39 is 11.7 Å². The molecule has 7 rings (SSSR count). The fraction of sp³-hybridized carbons (Fsp3) is 0.258. The monoisotopic (exact) mass is 556 g/mol. The summed E-state index contributed by atoms with van der Waals surface area (Å²) >= 11 is 0. The van der Waals surface area contributed by atoms with E-state index in [9.17, 15) is 18.0 Å². The number of guanidine groups is 1. The predicted octanol–water partition coefficient (Wildman–Crippen LogP) is 6.54. The van der Waals surface area contributed by atoms with Crippen molar-refractivity contribution in [3.05, 3.63) is 95.6 Å². The maximum atomic E-state index is 13.7. The molecule has 1 fully saturated rings. The van der Waals surface area contributed by atoms with Gasteiger partial charge in [-0.3, -0.25) is 14.6 Å². The minimum Gasteiger partial charge on any atom is -0.338 e. The van der Waals surface area contributed by atoms with E-state index in [4.69, 9.17) is 10.1 Å². The summed E-state index contributed by atoms with van der Waals surface area (Å²) in [5.74, 6) is 1.75. The van der Waals surface area contributed by atoms with E-state index in [0.29, 0.717) is 29.4 Å². The van der Waals surface area contributed by atoms with E-state index in [0.717, 1.165) is 54.0 Å². The smallest absolute Gasteiger partial charge is 0.338 e. The Labute approximate surface area is 234 Å². The van der Waals surface area contributed by atoms with Crippen LogP contribution in [-0.4, -0.2) is 45.7 Å². The molecular formula is C31H27F3N6O. The molecule has 1 N–H and O–H groups in total. The van der Waals surface area contributed by atoms with E-state index in [1.807, 2.05) is 59.3 Å². The van der Waals surface area contributed by atoms with Crippen LogP contribution in [-0.2, 0) is 12.7 Å². The number of nitrogens with zero attached hydrogens (tertiary/aromatic N) is 5. The molecule has 4 aromatic rings. The van der Waals surface area contributed by atoms with Gasteiger partial charge in [-0.1, -0.05) is 54.6 Å². The molecule has 2 atom stereocenters. The molecule has 3 aliphatic rings. The number of fused-ring (bicyclic) bond motifs is 5. The molecule has 41 heavy (non-hydrogen) atoms. The van der Waals surface area contributed by atoms with Crippen LogP contribution in [0.1, 0.15) is 40.7 Å². The van der Waals surface area contributed by atoms with Gasteiger partial charge in [-0.25, -0.2) is 9.67 Å². The number of carbonyl (C=O) groups is 1. The Kier molecular flexibility index (Phi) is 5.88. The van der Waals surface area contributed by atoms with Crippen LogP contribution in [0.15, 0.2) is 83.9 Å². The highest BCUT2D eigenvalue weighted by Crippen LogP contribution is 2.43. The highest BCUT2D eigenvalue weighted by molar-refractivity contribution is 6.21. The molecule has 7 nitrogen and oxygen atoms in total. The van der Waals surface area contributed by atoms with Gasteiger partial charge in [0.1, 0.15) is 11.4 Å². The number of amides is 1. The average molecular weight is 557 g/mol. The first-order chi connectivity index (χ1) is 19.8. The van der Waals surface area contributed by atoms with Crippen LogP contribution in [0.5, 0.6) is 0 Å². The second-order valence-corrected chi connectivity index (χ2v) is 10.7. The number of hydrogen-bond donors (Lipinski definition) is 1. The maximum absolute atomic E-state index is 13.7. The highest BCUT2D eigenvalue weighted by Gasteiger charge is 2.49. The number of anilines is 3. The van der Waals surface area contributed by atoms with Crippen LogP contribution in [0.2, 0.25) is 0 Å². The van der Waals surface area contributed by atoms with Crippen LogP contribution < -0.4 is 10.2 Å². The zero-order valence-corrected chi connectivity index (χ0v) is 22.3. The number of nitrogens with one attached hydrogen (secondary N) is 1. The minimum atomic E-state index is -4.37. The molecule has 3 aromatic carbocycles. The molecule has 0 spiro atoms. The van der Waals surface area contributed by atoms with Gasteiger partial charge < -0.3 is 5.32 Å². The molecule has 1 saturated carbocycles. The molecule has 1 aromatic heterocycles. The Hall–Kier alpha value is -4.60. The zero-order chi connectivity index (χ0) is 28.3. The molecule has 2 aliphatic heterocycles. The first-order valence-electron chi connectivity index (χ1n) is 13.6. The third kappa shape index (κ3) is 4.34. The van der Waals surface area contributed by atoms with Crippen LogP contribution in [0.25, 0.3) is 11.1 Å². The van der Waals surface area contributed by atoms with E-state index in [1.165, 1.54) is 12.1 Å². The van der Waals surface area contributed by atoms with Crippen LogP contribution in [0, 0.1) is 0 Å². The maximum Gasteiger partial charge on any atom is 0.416 e. The summed E-state index contributed by atoms with van der Waals surface area (Å²) in [5, 5.41) is 8.26. The third-order valence-electron chi connectivity index (χ3n) is 8.11. The van der Waals surface area contributed by atoms with Gasteiger partial charge in [0.2, 0.25) is 5.96 Å². The van der Waals surface area contributed by atoms with Crippen molar-refractivity contribution in [2.45, 2.75) is 44.1 Å². The number of alkyl halides is 3. The van der Waals surface area contributed by atoms with Crippen molar-refractivity contribution in [1.82, 2.24) is 14.7 Å². The third-order valence-corrected chi connectivity index (χ3v) is 8.11.